The Morgan fingerprint density at radius 3 is 2.60 bits per heavy atom. The first-order valence-electron chi connectivity index (χ1n) is 7.34. The molecule has 1 aromatic rings. The van der Waals surface area contributed by atoms with Crippen molar-refractivity contribution in [3.8, 4) is 5.75 Å². The van der Waals surface area contributed by atoms with E-state index in [1.54, 1.807) is 7.11 Å². The Kier molecular flexibility index (Phi) is 5.07. The van der Waals surface area contributed by atoms with Gasteiger partial charge < -0.3 is 4.74 Å². The fraction of sp³-hybridized carbons (Fsp3) is 0.647. The first kappa shape index (κ1) is 16.2. The van der Waals surface area contributed by atoms with Crippen LogP contribution in [0.25, 0.3) is 0 Å². The number of methoxy groups -OCH3 is 1. The van der Waals surface area contributed by atoms with Crippen LogP contribution in [-0.2, 0) is 5.41 Å². The van der Waals surface area contributed by atoms with Gasteiger partial charge in [-0.1, -0.05) is 60.8 Å². The molecular weight excluding hydrogens is 336 g/mol. The van der Waals surface area contributed by atoms with Gasteiger partial charge in [0.2, 0.25) is 0 Å². The summed E-state index contributed by atoms with van der Waals surface area (Å²) < 4.78 is 5.37. The van der Waals surface area contributed by atoms with Gasteiger partial charge in [0.25, 0.3) is 0 Å². The highest BCUT2D eigenvalue weighted by Gasteiger charge is 2.39. The maximum Gasteiger partial charge on any atom is 0.137 e. The van der Waals surface area contributed by atoms with Gasteiger partial charge in [0, 0.05) is 4.83 Å². The molecule has 1 aliphatic rings. The zero-order chi connectivity index (χ0) is 14.9. The summed E-state index contributed by atoms with van der Waals surface area (Å²) in [5, 5.41) is 0.680. The van der Waals surface area contributed by atoms with Gasteiger partial charge in [-0.05, 0) is 47.8 Å². The van der Waals surface area contributed by atoms with Crippen molar-refractivity contribution in [1.82, 2.24) is 0 Å². The highest BCUT2D eigenvalue weighted by molar-refractivity contribution is 9.09. The van der Waals surface area contributed by atoms with Gasteiger partial charge >= 0.3 is 0 Å². The summed E-state index contributed by atoms with van der Waals surface area (Å²) in [5.74, 6) is 2.24. The Bertz CT molecular complexity index is 472. The third-order valence-corrected chi connectivity index (χ3v) is 6.18. The van der Waals surface area contributed by atoms with E-state index in [2.05, 4.69) is 48.8 Å². The van der Waals surface area contributed by atoms with Crippen molar-refractivity contribution in [3.05, 3.63) is 28.8 Å². The topological polar surface area (TPSA) is 9.23 Å². The average Bonchev–Trinajstić information content (AvgIpc) is 2.38. The summed E-state index contributed by atoms with van der Waals surface area (Å²) in [7, 11) is 1.67. The molecule has 0 N–H and O–H groups in total. The largest absolute Gasteiger partial charge is 0.495 e. The van der Waals surface area contributed by atoms with Crippen LogP contribution in [0.5, 0.6) is 5.75 Å². The van der Waals surface area contributed by atoms with Crippen LogP contribution in [0.3, 0.4) is 0 Å². The maximum absolute atomic E-state index is 6.15. The van der Waals surface area contributed by atoms with Gasteiger partial charge in [-0.3, -0.25) is 0 Å². The summed E-state index contributed by atoms with van der Waals surface area (Å²) >= 11 is 10.1. The standard InChI is InChI=1S/C17H24BrClO/c1-11-5-7-13(14(18)9-11)17(2,3)12-6-8-15(19)16(10-12)20-4/h6,8,10-11,13-14H,5,7,9H2,1-4H3. The second-order valence-corrected chi connectivity index (χ2v) is 8.20. The fourth-order valence-electron chi connectivity index (χ4n) is 3.40. The maximum atomic E-state index is 6.15. The number of hydrogen-bond acceptors (Lipinski definition) is 1. The van der Waals surface area contributed by atoms with Crippen LogP contribution < -0.4 is 4.74 Å². The number of rotatable bonds is 3. The smallest absolute Gasteiger partial charge is 0.137 e. The Hall–Kier alpha value is -0.210. The number of ether oxygens (including phenoxy) is 1. The molecule has 0 radical (unpaired) electrons. The summed E-state index contributed by atoms with van der Waals surface area (Å²) in [4.78, 5) is 0.586. The van der Waals surface area contributed by atoms with Crippen molar-refractivity contribution >= 4 is 27.5 Å². The first-order chi connectivity index (χ1) is 9.36. The normalized spacial score (nSPS) is 27.4. The molecule has 1 fully saturated rings. The van der Waals surface area contributed by atoms with Crippen LogP contribution in [0.1, 0.15) is 45.6 Å². The Labute approximate surface area is 136 Å². The minimum Gasteiger partial charge on any atom is -0.495 e. The summed E-state index contributed by atoms with van der Waals surface area (Å²) in [6.45, 7) is 7.03. The van der Waals surface area contributed by atoms with Gasteiger partial charge in [0.05, 0.1) is 12.1 Å². The molecule has 1 nitrogen and oxygen atoms in total. The zero-order valence-corrected chi connectivity index (χ0v) is 15.1. The van der Waals surface area contributed by atoms with E-state index in [1.807, 2.05) is 6.07 Å². The Morgan fingerprint density at radius 2 is 2.00 bits per heavy atom. The van der Waals surface area contributed by atoms with Gasteiger partial charge in [-0.15, -0.1) is 0 Å². The number of benzene rings is 1. The van der Waals surface area contributed by atoms with Crippen LogP contribution >= 0.6 is 27.5 Å². The summed E-state index contributed by atoms with van der Waals surface area (Å²) in [6.07, 6.45) is 3.86. The predicted octanol–water partition coefficient (Wildman–Crippen LogP) is 5.83. The zero-order valence-electron chi connectivity index (χ0n) is 12.7. The second-order valence-electron chi connectivity index (χ2n) is 6.61. The predicted molar refractivity (Wildman–Crippen MR) is 90.3 cm³/mol. The molecule has 0 spiro atoms. The van der Waals surface area contributed by atoms with Crippen molar-refractivity contribution < 1.29 is 4.74 Å². The molecule has 1 aromatic carbocycles. The lowest BCUT2D eigenvalue weighted by Gasteiger charge is -2.42. The van der Waals surface area contributed by atoms with Gasteiger partial charge in [0.15, 0.2) is 0 Å². The summed E-state index contributed by atoms with van der Waals surface area (Å²) in [5.41, 5.74) is 1.43. The molecule has 0 bridgehead atoms. The highest BCUT2D eigenvalue weighted by atomic mass is 79.9. The van der Waals surface area contributed by atoms with Crippen molar-refractivity contribution in [3.63, 3.8) is 0 Å². The van der Waals surface area contributed by atoms with Crippen LogP contribution in [0.2, 0.25) is 5.02 Å². The molecule has 0 aromatic heterocycles. The molecule has 1 saturated carbocycles. The van der Waals surface area contributed by atoms with E-state index in [4.69, 9.17) is 16.3 Å². The van der Waals surface area contributed by atoms with E-state index in [0.29, 0.717) is 15.8 Å². The minimum atomic E-state index is 0.117. The third kappa shape index (κ3) is 3.17. The van der Waals surface area contributed by atoms with Crippen LogP contribution in [-0.4, -0.2) is 11.9 Å². The number of halogens is 2. The lowest BCUT2D eigenvalue weighted by molar-refractivity contribution is 0.213. The van der Waals surface area contributed by atoms with Crippen LogP contribution in [0, 0.1) is 11.8 Å². The highest BCUT2D eigenvalue weighted by Crippen LogP contribution is 2.46. The van der Waals surface area contributed by atoms with E-state index < -0.39 is 0 Å². The second kappa shape index (κ2) is 6.27. The summed E-state index contributed by atoms with van der Waals surface area (Å²) in [6, 6.07) is 6.19. The Morgan fingerprint density at radius 1 is 1.30 bits per heavy atom. The van der Waals surface area contributed by atoms with Crippen molar-refractivity contribution in [2.24, 2.45) is 11.8 Å². The molecule has 20 heavy (non-hydrogen) atoms. The molecule has 0 amide bonds. The van der Waals surface area contributed by atoms with Gasteiger partial charge in [-0.25, -0.2) is 0 Å². The molecule has 0 heterocycles. The molecule has 3 heteroatoms. The molecular formula is C17H24BrClO. The lowest BCUT2D eigenvalue weighted by atomic mass is 9.66. The van der Waals surface area contributed by atoms with Crippen LogP contribution in [0.4, 0.5) is 0 Å². The Balaban J connectivity index is 2.29. The van der Waals surface area contributed by atoms with E-state index >= 15 is 0 Å². The monoisotopic (exact) mass is 358 g/mol. The quantitative estimate of drug-likeness (QED) is 0.617. The van der Waals surface area contributed by atoms with Crippen molar-refractivity contribution in [2.75, 3.05) is 7.11 Å². The molecule has 0 saturated heterocycles. The van der Waals surface area contributed by atoms with E-state index in [-0.39, 0.29) is 5.41 Å². The van der Waals surface area contributed by atoms with E-state index in [1.165, 1.54) is 24.8 Å². The van der Waals surface area contributed by atoms with Crippen LogP contribution in [0.15, 0.2) is 18.2 Å². The molecule has 0 aliphatic heterocycles. The SMILES string of the molecule is COc1cc(C(C)(C)C2CCC(C)CC2Br)ccc1Cl. The third-order valence-electron chi connectivity index (χ3n) is 4.86. The van der Waals surface area contributed by atoms with Crippen molar-refractivity contribution in [1.29, 1.82) is 0 Å². The van der Waals surface area contributed by atoms with E-state index in [0.717, 1.165) is 11.7 Å². The van der Waals surface area contributed by atoms with Gasteiger partial charge in [0.1, 0.15) is 5.75 Å². The molecule has 112 valence electrons. The first-order valence-corrected chi connectivity index (χ1v) is 8.63. The number of alkyl halides is 1. The fourth-order valence-corrected chi connectivity index (χ4v) is 5.16. The van der Waals surface area contributed by atoms with Gasteiger partial charge in [-0.2, -0.15) is 0 Å². The molecule has 1 aliphatic carbocycles. The minimum absolute atomic E-state index is 0.117. The molecule has 3 unspecified atom stereocenters. The lowest BCUT2D eigenvalue weighted by Crippen LogP contribution is -2.38. The number of hydrogen-bond donors (Lipinski definition) is 0. The van der Waals surface area contributed by atoms with Crippen molar-refractivity contribution in [2.45, 2.75) is 50.3 Å². The average molecular weight is 360 g/mol. The van der Waals surface area contributed by atoms with E-state index in [9.17, 15) is 0 Å². The molecule has 3 atom stereocenters. The molecule has 2 rings (SSSR count).